The lowest BCUT2D eigenvalue weighted by atomic mass is 9.79. The molecule has 0 amide bonds. The number of esters is 2. The third-order valence-electron chi connectivity index (χ3n) is 3.04. The van der Waals surface area contributed by atoms with Crippen LogP contribution in [0, 0.1) is 0 Å². The molecular formula is C16H21ClO4. The third-order valence-corrected chi connectivity index (χ3v) is 3.29. The first-order chi connectivity index (χ1) is 9.58. The van der Waals surface area contributed by atoms with Gasteiger partial charge in [-0.25, -0.2) is 0 Å². The highest BCUT2D eigenvalue weighted by Crippen LogP contribution is 2.31. The van der Waals surface area contributed by atoms with Gasteiger partial charge in [-0.1, -0.05) is 23.7 Å². The highest BCUT2D eigenvalue weighted by atomic mass is 35.5. The molecule has 0 aliphatic carbocycles. The predicted octanol–water partition coefficient (Wildman–Crippen LogP) is 3.50. The summed E-state index contributed by atoms with van der Waals surface area (Å²) < 4.78 is 10.2. The number of benzene rings is 1. The summed E-state index contributed by atoms with van der Waals surface area (Å²) in [5.74, 6) is -0.943. The van der Waals surface area contributed by atoms with Crippen molar-refractivity contribution in [1.82, 2.24) is 0 Å². The molecule has 0 aliphatic rings. The van der Waals surface area contributed by atoms with Crippen molar-refractivity contribution in [1.29, 1.82) is 0 Å². The molecule has 0 spiro atoms. The largest absolute Gasteiger partial charge is 0.468 e. The van der Waals surface area contributed by atoms with Gasteiger partial charge < -0.3 is 9.47 Å². The molecule has 1 rings (SSSR count). The van der Waals surface area contributed by atoms with E-state index in [-0.39, 0.29) is 6.42 Å². The van der Waals surface area contributed by atoms with Crippen molar-refractivity contribution in [3.63, 3.8) is 0 Å². The molecule has 1 aromatic carbocycles. The summed E-state index contributed by atoms with van der Waals surface area (Å²) in [6, 6.07) is 6.77. The molecule has 5 heteroatoms. The van der Waals surface area contributed by atoms with Crippen molar-refractivity contribution in [2.45, 2.75) is 45.1 Å². The van der Waals surface area contributed by atoms with E-state index in [4.69, 9.17) is 21.1 Å². The van der Waals surface area contributed by atoms with Crippen LogP contribution in [0.1, 0.15) is 39.7 Å². The molecule has 1 unspecified atom stereocenters. The molecule has 1 aromatic rings. The molecule has 0 radical (unpaired) electrons. The average molecular weight is 313 g/mol. The first-order valence-electron chi connectivity index (χ1n) is 6.65. The van der Waals surface area contributed by atoms with Crippen LogP contribution in [0.5, 0.6) is 0 Å². The fourth-order valence-corrected chi connectivity index (χ4v) is 2.13. The molecule has 0 aromatic heterocycles. The van der Waals surface area contributed by atoms with Gasteiger partial charge in [0.15, 0.2) is 0 Å². The highest BCUT2D eigenvalue weighted by molar-refractivity contribution is 6.30. The van der Waals surface area contributed by atoms with E-state index < -0.39 is 23.0 Å². The fourth-order valence-electron chi connectivity index (χ4n) is 2.00. The van der Waals surface area contributed by atoms with Crippen molar-refractivity contribution in [3.05, 3.63) is 34.9 Å². The maximum absolute atomic E-state index is 12.2. The van der Waals surface area contributed by atoms with E-state index in [0.29, 0.717) is 10.6 Å². The van der Waals surface area contributed by atoms with Crippen LogP contribution >= 0.6 is 11.6 Å². The first-order valence-corrected chi connectivity index (χ1v) is 7.02. The molecule has 116 valence electrons. The Hall–Kier alpha value is -1.55. The van der Waals surface area contributed by atoms with Crippen molar-refractivity contribution in [3.8, 4) is 0 Å². The minimum Gasteiger partial charge on any atom is -0.468 e. The number of ether oxygens (including phenoxy) is 2. The monoisotopic (exact) mass is 312 g/mol. The van der Waals surface area contributed by atoms with Gasteiger partial charge in [0.1, 0.15) is 11.0 Å². The topological polar surface area (TPSA) is 52.6 Å². The zero-order chi connectivity index (χ0) is 16.3. The number of carbonyl (C=O) groups is 2. The van der Waals surface area contributed by atoms with E-state index in [2.05, 4.69) is 0 Å². The van der Waals surface area contributed by atoms with Crippen molar-refractivity contribution >= 4 is 23.5 Å². The van der Waals surface area contributed by atoms with Gasteiger partial charge in [0.05, 0.1) is 13.5 Å². The first kappa shape index (κ1) is 17.5. The Morgan fingerprint density at radius 2 is 1.62 bits per heavy atom. The Balaban J connectivity index is 3.08. The lowest BCUT2D eigenvalue weighted by Gasteiger charge is -2.28. The van der Waals surface area contributed by atoms with E-state index in [0.717, 1.165) is 0 Å². The van der Waals surface area contributed by atoms with E-state index in [1.807, 2.05) is 0 Å². The summed E-state index contributed by atoms with van der Waals surface area (Å²) in [5.41, 5.74) is -1.06. The highest BCUT2D eigenvalue weighted by Gasteiger charge is 2.40. The second-order valence-corrected chi connectivity index (χ2v) is 6.53. The number of methoxy groups -OCH3 is 1. The Morgan fingerprint density at radius 1 is 1.10 bits per heavy atom. The predicted molar refractivity (Wildman–Crippen MR) is 81.3 cm³/mol. The number of hydrogen-bond donors (Lipinski definition) is 0. The Kier molecular flexibility index (Phi) is 5.40. The Morgan fingerprint density at radius 3 is 2.05 bits per heavy atom. The van der Waals surface area contributed by atoms with Gasteiger partial charge in [-0.2, -0.15) is 0 Å². The van der Waals surface area contributed by atoms with Crippen molar-refractivity contribution in [2.24, 2.45) is 0 Å². The zero-order valence-electron chi connectivity index (χ0n) is 13.0. The second-order valence-electron chi connectivity index (χ2n) is 6.09. The van der Waals surface area contributed by atoms with Crippen LogP contribution in [-0.4, -0.2) is 24.6 Å². The molecule has 0 fully saturated rings. The zero-order valence-corrected chi connectivity index (χ0v) is 13.8. The lowest BCUT2D eigenvalue weighted by Crippen LogP contribution is -2.38. The van der Waals surface area contributed by atoms with Crippen LogP contribution in [-0.2, 0) is 24.5 Å². The standard InChI is InChI=1S/C16H21ClO4/c1-15(2,3)21-13(18)10-16(4,14(19)20-5)11-6-8-12(17)9-7-11/h6-9H,10H2,1-5H3. The second kappa shape index (κ2) is 6.48. The molecule has 0 saturated heterocycles. The molecule has 21 heavy (non-hydrogen) atoms. The quantitative estimate of drug-likeness (QED) is 0.798. The summed E-state index contributed by atoms with van der Waals surface area (Å²) in [6.45, 7) is 7.00. The lowest BCUT2D eigenvalue weighted by molar-refractivity contribution is -0.161. The van der Waals surface area contributed by atoms with Gasteiger partial charge in [-0.05, 0) is 45.4 Å². The molecular weight excluding hydrogens is 292 g/mol. The van der Waals surface area contributed by atoms with Crippen LogP contribution in [0.2, 0.25) is 5.02 Å². The average Bonchev–Trinajstić information content (AvgIpc) is 2.35. The van der Waals surface area contributed by atoms with E-state index >= 15 is 0 Å². The van der Waals surface area contributed by atoms with Crippen LogP contribution < -0.4 is 0 Å². The number of carbonyl (C=O) groups excluding carboxylic acids is 2. The third kappa shape index (κ3) is 4.74. The summed E-state index contributed by atoms with van der Waals surface area (Å²) in [4.78, 5) is 24.2. The van der Waals surface area contributed by atoms with E-state index in [1.165, 1.54) is 7.11 Å². The minimum absolute atomic E-state index is 0.0986. The maximum atomic E-state index is 12.2. The fraction of sp³-hybridized carbons (Fsp3) is 0.500. The summed E-state index contributed by atoms with van der Waals surface area (Å²) in [7, 11) is 1.30. The summed E-state index contributed by atoms with van der Waals surface area (Å²) in [6.07, 6.45) is -0.0986. The number of rotatable bonds is 4. The Labute approximate surface area is 130 Å². The minimum atomic E-state index is -1.11. The van der Waals surface area contributed by atoms with Gasteiger partial charge in [-0.15, -0.1) is 0 Å². The molecule has 0 N–H and O–H groups in total. The molecule has 1 atom stereocenters. The molecule has 0 heterocycles. The smallest absolute Gasteiger partial charge is 0.316 e. The van der Waals surface area contributed by atoms with E-state index in [9.17, 15) is 9.59 Å². The number of hydrogen-bond acceptors (Lipinski definition) is 4. The number of halogens is 1. The van der Waals surface area contributed by atoms with Gasteiger partial charge in [0, 0.05) is 5.02 Å². The molecule has 0 bridgehead atoms. The molecule has 0 saturated carbocycles. The summed E-state index contributed by atoms with van der Waals surface area (Å²) in [5, 5.41) is 0.559. The normalized spacial score (nSPS) is 14.2. The molecule has 0 aliphatic heterocycles. The van der Waals surface area contributed by atoms with Gasteiger partial charge in [0.2, 0.25) is 0 Å². The van der Waals surface area contributed by atoms with Crippen molar-refractivity contribution in [2.75, 3.05) is 7.11 Å². The van der Waals surface area contributed by atoms with Crippen LogP contribution in [0.15, 0.2) is 24.3 Å². The van der Waals surface area contributed by atoms with Crippen LogP contribution in [0.25, 0.3) is 0 Å². The van der Waals surface area contributed by atoms with E-state index in [1.54, 1.807) is 52.0 Å². The van der Waals surface area contributed by atoms with Gasteiger partial charge >= 0.3 is 11.9 Å². The Bertz CT molecular complexity index is 516. The van der Waals surface area contributed by atoms with Gasteiger partial charge in [-0.3, -0.25) is 9.59 Å². The van der Waals surface area contributed by atoms with Crippen LogP contribution in [0.3, 0.4) is 0 Å². The SMILES string of the molecule is COC(=O)C(C)(CC(=O)OC(C)(C)C)c1ccc(Cl)cc1. The van der Waals surface area contributed by atoms with Crippen molar-refractivity contribution < 1.29 is 19.1 Å². The molecule has 4 nitrogen and oxygen atoms in total. The van der Waals surface area contributed by atoms with Crippen LogP contribution in [0.4, 0.5) is 0 Å². The van der Waals surface area contributed by atoms with Gasteiger partial charge in [0.25, 0.3) is 0 Å². The summed E-state index contributed by atoms with van der Waals surface area (Å²) >= 11 is 5.86. The maximum Gasteiger partial charge on any atom is 0.316 e.